The number of aromatic carboxylic acids is 1. The highest BCUT2D eigenvalue weighted by Gasteiger charge is 2.25. The number of hydrogen-bond acceptors (Lipinski definition) is 2. The van der Waals surface area contributed by atoms with Crippen LogP contribution in [0, 0.1) is 11.7 Å². The molecule has 0 saturated heterocycles. The Morgan fingerprint density at radius 3 is 2.75 bits per heavy atom. The van der Waals surface area contributed by atoms with Crippen molar-refractivity contribution < 1.29 is 14.3 Å². The number of rotatable bonds is 4. The minimum Gasteiger partial charge on any atom is -0.478 e. The SMILES string of the molecule is CC1CCCCC1N(C)Cc1cccc(C(=O)O)c1F. The molecule has 0 amide bonds. The van der Waals surface area contributed by atoms with Crippen LogP contribution < -0.4 is 0 Å². The molecule has 1 N–H and O–H groups in total. The van der Waals surface area contributed by atoms with E-state index in [9.17, 15) is 9.18 Å². The van der Waals surface area contributed by atoms with Gasteiger partial charge in [-0.3, -0.25) is 4.90 Å². The molecule has 1 fully saturated rings. The predicted molar refractivity (Wildman–Crippen MR) is 76.2 cm³/mol. The molecule has 4 heteroatoms. The van der Waals surface area contributed by atoms with E-state index in [0.717, 1.165) is 6.42 Å². The molecule has 0 spiro atoms. The molecule has 0 radical (unpaired) electrons. The van der Waals surface area contributed by atoms with E-state index in [1.54, 1.807) is 12.1 Å². The van der Waals surface area contributed by atoms with Gasteiger partial charge in [0.2, 0.25) is 0 Å². The number of halogens is 1. The molecule has 0 aliphatic heterocycles. The minimum atomic E-state index is -1.21. The molecule has 2 unspecified atom stereocenters. The normalized spacial score (nSPS) is 23.0. The number of carboxylic acids is 1. The van der Waals surface area contributed by atoms with Crippen molar-refractivity contribution in [2.75, 3.05) is 7.05 Å². The van der Waals surface area contributed by atoms with Crippen LogP contribution in [0.5, 0.6) is 0 Å². The first-order chi connectivity index (χ1) is 9.50. The molecule has 3 nitrogen and oxygen atoms in total. The fraction of sp³-hybridized carbons (Fsp3) is 0.562. The molecule has 1 aliphatic carbocycles. The summed E-state index contributed by atoms with van der Waals surface area (Å²) in [7, 11) is 2.00. The number of hydrogen-bond donors (Lipinski definition) is 1. The molecule has 0 heterocycles. The van der Waals surface area contributed by atoms with Crippen LogP contribution >= 0.6 is 0 Å². The maximum absolute atomic E-state index is 14.1. The summed E-state index contributed by atoms with van der Waals surface area (Å²) in [6.45, 7) is 2.70. The first kappa shape index (κ1) is 15.0. The van der Waals surface area contributed by atoms with Gasteiger partial charge in [-0.15, -0.1) is 0 Å². The zero-order chi connectivity index (χ0) is 14.7. The van der Waals surface area contributed by atoms with Gasteiger partial charge in [0, 0.05) is 18.2 Å². The van der Waals surface area contributed by atoms with Gasteiger partial charge in [0.25, 0.3) is 0 Å². The van der Waals surface area contributed by atoms with E-state index in [1.807, 2.05) is 7.05 Å². The monoisotopic (exact) mass is 279 g/mol. The van der Waals surface area contributed by atoms with Crippen LogP contribution in [-0.2, 0) is 6.54 Å². The molecule has 1 aromatic carbocycles. The van der Waals surface area contributed by atoms with E-state index in [1.165, 1.54) is 25.3 Å². The molecular weight excluding hydrogens is 257 g/mol. The standard InChI is InChI=1S/C16H22FNO2/c1-11-6-3-4-9-14(11)18(2)10-12-7-5-8-13(15(12)17)16(19)20/h5,7-8,11,14H,3-4,6,9-10H2,1-2H3,(H,19,20). The van der Waals surface area contributed by atoms with Crippen LogP contribution in [0.3, 0.4) is 0 Å². The molecule has 110 valence electrons. The lowest BCUT2D eigenvalue weighted by molar-refractivity contribution is 0.0691. The summed E-state index contributed by atoms with van der Waals surface area (Å²) in [5, 5.41) is 8.96. The number of nitrogens with zero attached hydrogens (tertiary/aromatic N) is 1. The summed E-state index contributed by atoms with van der Waals surface area (Å²) in [5.41, 5.74) is 0.220. The highest BCUT2D eigenvalue weighted by atomic mass is 19.1. The maximum atomic E-state index is 14.1. The predicted octanol–water partition coefficient (Wildman–Crippen LogP) is 3.53. The van der Waals surface area contributed by atoms with Gasteiger partial charge in [0.1, 0.15) is 5.82 Å². The average molecular weight is 279 g/mol. The van der Waals surface area contributed by atoms with Crippen molar-refractivity contribution in [3.63, 3.8) is 0 Å². The smallest absolute Gasteiger partial charge is 0.338 e. The Hall–Kier alpha value is -1.42. The Bertz CT molecular complexity index is 489. The summed E-state index contributed by atoms with van der Waals surface area (Å²) in [6, 6.07) is 5.05. The molecule has 0 aromatic heterocycles. The van der Waals surface area contributed by atoms with Crippen LogP contribution in [0.1, 0.15) is 48.5 Å². The van der Waals surface area contributed by atoms with Crippen molar-refractivity contribution in [1.29, 1.82) is 0 Å². The first-order valence-corrected chi connectivity index (χ1v) is 7.21. The molecule has 1 aliphatic rings. The van der Waals surface area contributed by atoms with E-state index < -0.39 is 11.8 Å². The van der Waals surface area contributed by atoms with E-state index in [2.05, 4.69) is 11.8 Å². The van der Waals surface area contributed by atoms with Crippen LogP contribution in [-0.4, -0.2) is 29.1 Å². The zero-order valence-electron chi connectivity index (χ0n) is 12.1. The van der Waals surface area contributed by atoms with Gasteiger partial charge < -0.3 is 5.11 Å². The first-order valence-electron chi connectivity index (χ1n) is 7.21. The second-order valence-corrected chi connectivity index (χ2v) is 5.83. The van der Waals surface area contributed by atoms with Gasteiger partial charge in [-0.2, -0.15) is 0 Å². The third-order valence-electron chi connectivity index (χ3n) is 4.36. The van der Waals surface area contributed by atoms with Crippen molar-refractivity contribution in [1.82, 2.24) is 4.90 Å². The van der Waals surface area contributed by atoms with E-state index in [4.69, 9.17) is 5.11 Å². The summed E-state index contributed by atoms with van der Waals surface area (Å²) in [4.78, 5) is 13.1. The van der Waals surface area contributed by atoms with Gasteiger partial charge in [-0.1, -0.05) is 31.9 Å². The summed E-state index contributed by atoms with van der Waals surface area (Å²) in [6.07, 6.45) is 4.84. The molecule has 20 heavy (non-hydrogen) atoms. The molecule has 1 aromatic rings. The van der Waals surface area contributed by atoms with Crippen molar-refractivity contribution in [3.05, 3.63) is 35.1 Å². The second-order valence-electron chi connectivity index (χ2n) is 5.83. The van der Waals surface area contributed by atoms with Crippen molar-refractivity contribution in [2.45, 2.75) is 45.2 Å². The third kappa shape index (κ3) is 3.18. The van der Waals surface area contributed by atoms with Gasteiger partial charge in [0.15, 0.2) is 0 Å². The fourth-order valence-corrected chi connectivity index (χ4v) is 3.20. The van der Waals surface area contributed by atoms with Crippen molar-refractivity contribution in [2.24, 2.45) is 5.92 Å². The molecule has 0 bridgehead atoms. The molecule has 2 rings (SSSR count). The number of carboxylic acid groups (broad SMARTS) is 1. The summed E-state index contributed by atoms with van der Waals surface area (Å²) >= 11 is 0. The summed E-state index contributed by atoms with van der Waals surface area (Å²) < 4.78 is 14.1. The Labute approximate surface area is 119 Å². The van der Waals surface area contributed by atoms with Gasteiger partial charge in [0.05, 0.1) is 5.56 Å². The fourth-order valence-electron chi connectivity index (χ4n) is 3.20. The lowest BCUT2D eigenvalue weighted by Gasteiger charge is -2.36. The highest BCUT2D eigenvalue weighted by molar-refractivity contribution is 5.88. The maximum Gasteiger partial charge on any atom is 0.338 e. The van der Waals surface area contributed by atoms with Crippen LogP contribution in [0.15, 0.2) is 18.2 Å². The highest BCUT2D eigenvalue weighted by Crippen LogP contribution is 2.28. The number of benzene rings is 1. The van der Waals surface area contributed by atoms with E-state index in [0.29, 0.717) is 24.1 Å². The Morgan fingerprint density at radius 2 is 2.10 bits per heavy atom. The lowest BCUT2D eigenvalue weighted by atomic mass is 9.85. The Kier molecular flexibility index (Phi) is 4.76. The largest absolute Gasteiger partial charge is 0.478 e. The van der Waals surface area contributed by atoms with Gasteiger partial charge in [-0.25, -0.2) is 9.18 Å². The average Bonchev–Trinajstić information content (AvgIpc) is 2.41. The Balaban J connectivity index is 2.13. The zero-order valence-corrected chi connectivity index (χ0v) is 12.1. The van der Waals surface area contributed by atoms with E-state index in [-0.39, 0.29) is 5.56 Å². The van der Waals surface area contributed by atoms with Crippen molar-refractivity contribution in [3.8, 4) is 0 Å². The lowest BCUT2D eigenvalue weighted by Crippen LogP contribution is -2.38. The van der Waals surface area contributed by atoms with Gasteiger partial charge in [-0.05, 0) is 31.9 Å². The molecule has 1 saturated carbocycles. The van der Waals surface area contributed by atoms with E-state index >= 15 is 0 Å². The quantitative estimate of drug-likeness (QED) is 0.916. The molecule has 2 atom stereocenters. The second kappa shape index (κ2) is 6.35. The minimum absolute atomic E-state index is 0.243. The van der Waals surface area contributed by atoms with Crippen molar-refractivity contribution >= 4 is 5.97 Å². The van der Waals surface area contributed by atoms with Crippen LogP contribution in [0.4, 0.5) is 4.39 Å². The van der Waals surface area contributed by atoms with Crippen LogP contribution in [0.2, 0.25) is 0 Å². The van der Waals surface area contributed by atoms with Gasteiger partial charge >= 0.3 is 5.97 Å². The third-order valence-corrected chi connectivity index (χ3v) is 4.36. The summed E-state index contributed by atoms with van der Waals surface area (Å²) in [5.74, 6) is -1.20. The number of carbonyl (C=O) groups is 1. The molecular formula is C16H22FNO2. The van der Waals surface area contributed by atoms with Crippen LogP contribution in [0.25, 0.3) is 0 Å². The topological polar surface area (TPSA) is 40.5 Å². The Morgan fingerprint density at radius 1 is 1.40 bits per heavy atom.